The summed E-state index contributed by atoms with van der Waals surface area (Å²) in [6, 6.07) is -0.382. The van der Waals surface area contributed by atoms with Gasteiger partial charge in [-0.3, -0.25) is 9.59 Å². The molecule has 0 saturated carbocycles. The molecule has 0 bridgehead atoms. The summed E-state index contributed by atoms with van der Waals surface area (Å²) in [4.78, 5) is 30.8. The van der Waals surface area contributed by atoms with Crippen molar-refractivity contribution in [3.63, 3.8) is 0 Å². The van der Waals surface area contributed by atoms with Gasteiger partial charge in [-0.1, -0.05) is 13.8 Å². The summed E-state index contributed by atoms with van der Waals surface area (Å²) in [5.41, 5.74) is 2.70. The van der Waals surface area contributed by atoms with E-state index in [4.69, 9.17) is 0 Å². The number of aryl methyl sites for hydroxylation is 1. The molecule has 1 saturated heterocycles. The van der Waals surface area contributed by atoms with Crippen molar-refractivity contribution in [2.24, 2.45) is 5.92 Å². The second kappa shape index (κ2) is 5.06. The highest BCUT2D eigenvalue weighted by Gasteiger charge is 2.36. The predicted octanol–water partition coefficient (Wildman–Crippen LogP) is 0.935. The molecule has 1 fully saturated rings. The molecule has 1 aromatic rings. The lowest BCUT2D eigenvalue weighted by molar-refractivity contribution is -0.148. The van der Waals surface area contributed by atoms with Gasteiger partial charge in [0.05, 0.1) is 24.3 Å². The van der Waals surface area contributed by atoms with Crippen LogP contribution in [0, 0.1) is 12.8 Å². The van der Waals surface area contributed by atoms with Crippen LogP contribution in [-0.4, -0.2) is 34.3 Å². The molecule has 2 heterocycles. The van der Waals surface area contributed by atoms with Crippen LogP contribution in [-0.2, 0) is 16.1 Å². The Morgan fingerprint density at radius 3 is 2.83 bits per heavy atom. The predicted molar refractivity (Wildman–Crippen MR) is 69.0 cm³/mol. The van der Waals surface area contributed by atoms with Gasteiger partial charge in [-0.05, 0) is 12.8 Å². The Kier molecular flexibility index (Phi) is 3.65. The highest BCUT2D eigenvalue weighted by Crippen LogP contribution is 2.21. The van der Waals surface area contributed by atoms with E-state index in [1.54, 1.807) is 10.4 Å². The fraction of sp³-hybridized carbons (Fsp3) is 0.583. The molecule has 1 unspecified atom stereocenters. The second-order valence-electron chi connectivity index (χ2n) is 4.79. The maximum Gasteiger partial charge on any atom is 0.243 e. The van der Waals surface area contributed by atoms with E-state index < -0.39 is 0 Å². The first kappa shape index (κ1) is 13.0. The maximum atomic E-state index is 12.0. The van der Waals surface area contributed by atoms with E-state index in [0.717, 1.165) is 10.6 Å². The molecule has 5 nitrogen and oxygen atoms in total. The summed E-state index contributed by atoms with van der Waals surface area (Å²) in [5.74, 6) is 0.00958. The molecule has 0 aliphatic carbocycles. The van der Waals surface area contributed by atoms with Crippen LogP contribution in [0.2, 0.25) is 0 Å². The van der Waals surface area contributed by atoms with E-state index in [-0.39, 0.29) is 30.3 Å². The maximum absolute atomic E-state index is 12.0. The summed E-state index contributed by atoms with van der Waals surface area (Å²) in [7, 11) is 0. The normalized spacial score (nSPS) is 20.4. The lowest BCUT2D eigenvalue weighted by Crippen LogP contribution is -2.59. The zero-order valence-electron chi connectivity index (χ0n) is 10.8. The number of nitrogens with zero attached hydrogens (tertiary/aromatic N) is 2. The van der Waals surface area contributed by atoms with Crippen LogP contribution < -0.4 is 5.32 Å². The zero-order chi connectivity index (χ0) is 13.3. The van der Waals surface area contributed by atoms with Gasteiger partial charge in [-0.2, -0.15) is 0 Å². The van der Waals surface area contributed by atoms with Gasteiger partial charge in [0.15, 0.2) is 0 Å². The molecule has 1 N–H and O–H groups in total. The Morgan fingerprint density at radius 1 is 1.56 bits per heavy atom. The number of rotatable bonds is 3. The number of carbonyl (C=O) groups excluding carboxylic acids is 2. The molecule has 2 amide bonds. The Balaban J connectivity index is 2.23. The number of thiazole rings is 1. The van der Waals surface area contributed by atoms with Gasteiger partial charge in [0.25, 0.3) is 0 Å². The quantitative estimate of drug-likeness (QED) is 0.886. The molecule has 1 atom stereocenters. The first-order valence-corrected chi connectivity index (χ1v) is 6.84. The van der Waals surface area contributed by atoms with Crippen molar-refractivity contribution in [2.75, 3.05) is 6.54 Å². The third kappa shape index (κ3) is 2.38. The van der Waals surface area contributed by atoms with Crippen LogP contribution in [0.4, 0.5) is 0 Å². The number of carbonyl (C=O) groups is 2. The van der Waals surface area contributed by atoms with Crippen molar-refractivity contribution in [3.05, 3.63) is 16.1 Å². The molecule has 0 radical (unpaired) electrons. The summed E-state index contributed by atoms with van der Waals surface area (Å²) >= 11 is 1.52. The molecule has 1 aliphatic rings. The molecule has 0 spiro atoms. The van der Waals surface area contributed by atoms with Crippen LogP contribution in [0.15, 0.2) is 5.51 Å². The Hall–Kier alpha value is -1.43. The minimum Gasteiger partial charge on any atom is -0.345 e. The van der Waals surface area contributed by atoms with Crippen molar-refractivity contribution < 1.29 is 9.59 Å². The fourth-order valence-electron chi connectivity index (χ4n) is 2.15. The number of piperazine rings is 1. The van der Waals surface area contributed by atoms with Gasteiger partial charge in [-0.25, -0.2) is 4.98 Å². The zero-order valence-corrected chi connectivity index (χ0v) is 11.6. The standard InChI is InChI=1S/C12H17N3O2S/c1-7(2)11-12(17)13-4-10(16)15(11)5-9-8(3)14-6-18-9/h6-7,11H,4-5H2,1-3H3,(H,13,17). The van der Waals surface area contributed by atoms with Gasteiger partial charge in [-0.15, -0.1) is 11.3 Å². The van der Waals surface area contributed by atoms with Gasteiger partial charge in [0, 0.05) is 4.88 Å². The van der Waals surface area contributed by atoms with E-state index in [0.29, 0.717) is 6.54 Å². The topological polar surface area (TPSA) is 62.3 Å². The van der Waals surface area contributed by atoms with Gasteiger partial charge in [0.2, 0.25) is 11.8 Å². The number of amides is 2. The Morgan fingerprint density at radius 2 is 2.28 bits per heavy atom. The van der Waals surface area contributed by atoms with Gasteiger partial charge < -0.3 is 10.2 Å². The first-order valence-electron chi connectivity index (χ1n) is 5.97. The van der Waals surface area contributed by atoms with Crippen molar-refractivity contribution in [3.8, 4) is 0 Å². The van der Waals surface area contributed by atoms with Crippen LogP contribution in [0.3, 0.4) is 0 Å². The average molecular weight is 267 g/mol. The Labute approximate surface area is 110 Å². The number of aromatic nitrogens is 1. The van der Waals surface area contributed by atoms with Gasteiger partial charge >= 0.3 is 0 Å². The minimum absolute atomic E-state index is 0.0268. The van der Waals surface area contributed by atoms with E-state index >= 15 is 0 Å². The van der Waals surface area contributed by atoms with E-state index in [1.165, 1.54) is 11.3 Å². The molecule has 0 aromatic carbocycles. The first-order chi connectivity index (χ1) is 8.50. The van der Waals surface area contributed by atoms with Crippen molar-refractivity contribution in [1.82, 2.24) is 15.2 Å². The highest BCUT2D eigenvalue weighted by molar-refractivity contribution is 7.09. The van der Waals surface area contributed by atoms with Crippen molar-refractivity contribution >= 4 is 23.2 Å². The van der Waals surface area contributed by atoms with E-state index in [1.807, 2.05) is 20.8 Å². The number of hydrogen-bond donors (Lipinski definition) is 1. The van der Waals surface area contributed by atoms with E-state index in [9.17, 15) is 9.59 Å². The summed E-state index contributed by atoms with van der Waals surface area (Å²) in [6.45, 7) is 6.40. The van der Waals surface area contributed by atoms with Crippen LogP contribution in [0.5, 0.6) is 0 Å². The number of hydrogen-bond acceptors (Lipinski definition) is 4. The molecule has 1 aliphatic heterocycles. The molecule has 6 heteroatoms. The van der Waals surface area contributed by atoms with Crippen LogP contribution in [0.1, 0.15) is 24.4 Å². The molecule has 2 rings (SSSR count). The monoisotopic (exact) mass is 267 g/mol. The molecule has 1 aromatic heterocycles. The summed E-state index contributed by atoms with van der Waals surface area (Å²) in [5, 5.41) is 2.65. The Bertz CT molecular complexity index is 470. The third-order valence-electron chi connectivity index (χ3n) is 3.13. The summed E-state index contributed by atoms with van der Waals surface area (Å²) < 4.78 is 0. The minimum atomic E-state index is -0.382. The van der Waals surface area contributed by atoms with Crippen molar-refractivity contribution in [2.45, 2.75) is 33.4 Å². The largest absolute Gasteiger partial charge is 0.345 e. The smallest absolute Gasteiger partial charge is 0.243 e. The molecule has 98 valence electrons. The SMILES string of the molecule is Cc1ncsc1CN1C(=O)CNC(=O)C1C(C)C. The number of nitrogens with one attached hydrogen (secondary N) is 1. The van der Waals surface area contributed by atoms with Crippen LogP contribution >= 0.6 is 11.3 Å². The van der Waals surface area contributed by atoms with Crippen molar-refractivity contribution in [1.29, 1.82) is 0 Å². The second-order valence-corrected chi connectivity index (χ2v) is 5.73. The molecular formula is C12H17N3O2S. The highest BCUT2D eigenvalue weighted by atomic mass is 32.1. The average Bonchev–Trinajstić information content (AvgIpc) is 2.69. The third-order valence-corrected chi connectivity index (χ3v) is 4.05. The summed E-state index contributed by atoms with van der Waals surface area (Å²) in [6.07, 6.45) is 0. The van der Waals surface area contributed by atoms with E-state index in [2.05, 4.69) is 10.3 Å². The van der Waals surface area contributed by atoms with Crippen LogP contribution in [0.25, 0.3) is 0 Å². The lowest BCUT2D eigenvalue weighted by Gasteiger charge is -2.37. The molecule has 18 heavy (non-hydrogen) atoms. The lowest BCUT2D eigenvalue weighted by atomic mass is 9.99. The fourth-order valence-corrected chi connectivity index (χ4v) is 2.92. The molecular weight excluding hydrogens is 250 g/mol. The van der Waals surface area contributed by atoms with Gasteiger partial charge in [0.1, 0.15) is 6.04 Å².